The first-order valence-corrected chi connectivity index (χ1v) is 10.3. The van der Waals surface area contributed by atoms with Gasteiger partial charge in [-0.15, -0.1) is 0 Å². The molecule has 0 unspecified atom stereocenters. The van der Waals surface area contributed by atoms with Crippen molar-refractivity contribution in [3.8, 4) is 0 Å². The number of esters is 1. The van der Waals surface area contributed by atoms with Gasteiger partial charge >= 0.3 is 5.97 Å². The Morgan fingerprint density at radius 1 is 0.774 bits per heavy atom. The Kier molecular flexibility index (Phi) is 7.57. The molecule has 0 atom stereocenters. The fraction of sp³-hybridized carbons (Fsp3) is 0.0455. The van der Waals surface area contributed by atoms with Crippen molar-refractivity contribution >= 4 is 69.8 Å². The summed E-state index contributed by atoms with van der Waals surface area (Å²) in [7, 11) is 0. The van der Waals surface area contributed by atoms with Gasteiger partial charge in [-0.3, -0.25) is 9.59 Å². The van der Waals surface area contributed by atoms with Gasteiger partial charge < -0.3 is 10.1 Å². The van der Waals surface area contributed by atoms with Gasteiger partial charge in [0.15, 0.2) is 12.4 Å². The lowest BCUT2D eigenvalue weighted by atomic mass is 9.98. The zero-order valence-corrected chi connectivity index (χ0v) is 18.6. The van der Waals surface area contributed by atoms with Crippen molar-refractivity contribution in [2.75, 3.05) is 11.9 Å². The highest BCUT2D eigenvalue weighted by Gasteiger charge is 2.21. The maximum absolute atomic E-state index is 12.7. The Labute approximate surface area is 197 Å². The van der Waals surface area contributed by atoms with E-state index >= 15 is 0 Å². The van der Waals surface area contributed by atoms with E-state index in [9.17, 15) is 14.4 Å². The zero-order chi connectivity index (χ0) is 22.5. The van der Waals surface area contributed by atoms with E-state index in [2.05, 4.69) is 5.32 Å². The Hall–Kier alpha value is -2.57. The van der Waals surface area contributed by atoms with E-state index < -0.39 is 18.5 Å². The Bertz CT molecular complexity index is 1140. The van der Waals surface area contributed by atoms with Crippen molar-refractivity contribution in [3.05, 3.63) is 97.4 Å². The largest absolute Gasteiger partial charge is 0.452 e. The summed E-state index contributed by atoms with van der Waals surface area (Å²) in [5.74, 6) is -1.90. The lowest BCUT2D eigenvalue weighted by molar-refractivity contribution is -0.119. The van der Waals surface area contributed by atoms with Crippen LogP contribution in [0.4, 0.5) is 5.69 Å². The summed E-state index contributed by atoms with van der Waals surface area (Å²) in [6.45, 7) is -0.649. The van der Waals surface area contributed by atoms with Gasteiger partial charge in [-0.2, -0.15) is 0 Å². The van der Waals surface area contributed by atoms with Crippen LogP contribution in [0.5, 0.6) is 0 Å². The maximum Gasteiger partial charge on any atom is 0.339 e. The molecule has 0 aromatic heterocycles. The second kappa shape index (κ2) is 10.2. The van der Waals surface area contributed by atoms with Gasteiger partial charge in [-0.05, 0) is 12.1 Å². The van der Waals surface area contributed by atoms with Crippen LogP contribution in [0.3, 0.4) is 0 Å². The summed E-state index contributed by atoms with van der Waals surface area (Å²) in [5.41, 5.74) is 0.613. The van der Waals surface area contributed by atoms with Crippen LogP contribution in [-0.2, 0) is 9.53 Å². The number of anilines is 1. The molecule has 3 rings (SSSR count). The minimum absolute atomic E-state index is 0.00142. The summed E-state index contributed by atoms with van der Waals surface area (Å²) in [6.07, 6.45) is 0. The Balaban J connectivity index is 1.73. The maximum atomic E-state index is 12.7. The number of benzene rings is 3. The molecule has 0 aliphatic carbocycles. The molecule has 5 nitrogen and oxygen atoms in total. The number of carbonyl (C=O) groups excluding carboxylic acids is 3. The highest BCUT2D eigenvalue weighted by molar-refractivity contribution is 6.50. The SMILES string of the molecule is O=C(COC(=O)c1ccccc1C(=O)c1ccccc1)Nc1c(Cl)c(Cl)cc(Cl)c1Cl. The molecule has 0 saturated heterocycles. The summed E-state index contributed by atoms with van der Waals surface area (Å²) in [4.78, 5) is 37.6. The highest BCUT2D eigenvalue weighted by atomic mass is 35.5. The van der Waals surface area contributed by atoms with Crippen molar-refractivity contribution < 1.29 is 19.1 Å². The first-order valence-electron chi connectivity index (χ1n) is 8.78. The second-order valence-electron chi connectivity index (χ2n) is 6.21. The van der Waals surface area contributed by atoms with Crippen molar-refractivity contribution in [2.45, 2.75) is 0 Å². The van der Waals surface area contributed by atoms with Crippen LogP contribution in [-0.4, -0.2) is 24.3 Å². The molecular formula is C22H13Cl4NO4. The smallest absolute Gasteiger partial charge is 0.339 e. The Morgan fingerprint density at radius 3 is 1.94 bits per heavy atom. The minimum Gasteiger partial charge on any atom is -0.452 e. The van der Waals surface area contributed by atoms with Crippen LogP contribution in [0.25, 0.3) is 0 Å². The fourth-order valence-electron chi connectivity index (χ4n) is 2.67. The van der Waals surface area contributed by atoms with Gasteiger partial charge in [-0.1, -0.05) is 94.9 Å². The van der Waals surface area contributed by atoms with E-state index in [4.69, 9.17) is 51.1 Å². The highest BCUT2D eigenvalue weighted by Crippen LogP contribution is 2.40. The number of ether oxygens (including phenoxy) is 1. The van der Waals surface area contributed by atoms with Crippen molar-refractivity contribution in [1.82, 2.24) is 0 Å². The molecule has 0 bridgehead atoms. The topological polar surface area (TPSA) is 72.5 Å². The molecule has 3 aromatic rings. The van der Waals surface area contributed by atoms with Gasteiger partial charge in [0, 0.05) is 11.1 Å². The lowest BCUT2D eigenvalue weighted by Crippen LogP contribution is -2.22. The summed E-state index contributed by atoms with van der Waals surface area (Å²) in [6, 6.07) is 16.0. The van der Waals surface area contributed by atoms with E-state index in [0.29, 0.717) is 5.56 Å². The zero-order valence-electron chi connectivity index (χ0n) is 15.6. The molecule has 3 aromatic carbocycles. The standard InChI is InChI=1S/C22H13Cl4NO4/c23-15-10-16(24)19(26)20(18(15)25)27-17(28)11-31-22(30)14-9-5-4-8-13(14)21(29)12-6-2-1-3-7-12/h1-10H,11H2,(H,27,28). The molecule has 31 heavy (non-hydrogen) atoms. The summed E-state index contributed by atoms with van der Waals surface area (Å²) in [5, 5.41) is 2.59. The fourth-order valence-corrected chi connectivity index (χ4v) is 3.58. The van der Waals surface area contributed by atoms with Gasteiger partial charge in [0.1, 0.15) is 0 Å². The predicted molar refractivity (Wildman–Crippen MR) is 122 cm³/mol. The van der Waals surface area contributed by atoms with Crippen LogP contribution in [0.1, 0.15) is 26.3 Å². The van der Waals surface area contributed by atoms with Gasteiger partial charge in [-0.25, -0.2) is 4.79 Å². The average molecular weight is 497 g/mol. The number of carbonyl (C=O) groups is 3. The summed E-state index contributed by atoms with van der Waals surface area (Å²) >= 11 is 24.0. The average Bonchev–Trinajstić information content (AvgIpc) is 2.79. The first-order chi connectivity index (χ1) is 14.8. The third kappa shape index (κ3) is 5.38. The number of nitrogens with one attached hydrogen (secondary N) is 1. The molecule has 0 heterocycles. The number of halogens is 4. The van der Waals surface area contributed by atoms with Gasteiger partial charge in [0.25, 0.3) is 5.91 Å². The molecular weight excluding hydrogens is 484 g/mol. The third-order valence-corrected chi connectivity index (χ3v) is 5.71. The number of hydrogen-bond donors (Lipinski definition) is 1. The molecule has 0 saturated carbocycles. The number of rotatable bonds is 6. The van der Waals surface area contributed by atoms with E-state index in [1.807, 2.05) is 0 Å². The molecule has 0 spiro atoms. The van der Waals surface area contributed by atoms with E-state index in [1.165, 1.54) is 18.2 Å². The van der Waals surface area contributed by atoms with Crippen LogP contribution < -0.4 is 5.32 Å². The molecule has 1 amide bonds. The number of ketones is 1. The van der Waals surface area contributed by atoms with Crippen molar-refractivity contribution in [1.29, 1.82) is 0 Å². The first kappa shape index (κ1) is 23.1. The van der Waals surface area contributed by atoms with Crippen LogP contribution in [0, 0.1) is 0 Å². The monoisotopic (exact) mass is 495 g/mol. The second-order valence-corrected chi connectivity index (χ2v) is 7.78. The van der Waals surface area contributed by atoms with Crippen LogP contribution in [0.15, 0.2) is 60.7 Å². The van der Waals surface area contributed by atoms with E-state index in [-0.39, 0.29) is 42.7 Å². The molecule has 0 aliphatic rings. The van der Waals surface area contributed by atoms with Crippen molar-refractivity contribution in [2.24, 2.45) is 0 Å². The van der Waals surface area contributed by atoms with Crippen LogP contribution in [0.2, 0.25) is 20.1 Å². The van der Waals surface area contributed by atoms with Crippen molar-refractivity contribution in [3.63, 3.8) is 0 Å². The minimum atomic E-state index is -0.837. The van der Waals surface area contributed by atoms with Gasteiger partial charge in [0.2, 0.25) is 0 Å². The van der Waals surface area contributed by atoms with E-state index in [0.717, 1.165) is 0 Å². The van der Waals surface area contributed by atoms with Gasteiger partial charge in [0.05, 0.1) is 31.3 Å². The molecule has 9 heteroatoms. The van der Waals surface area contributed by atoms with E-state index in [1.54, 1.807) is 42.5 Å². The Morgan fingerprint density at radius 2 is 1.32 bits per heavy atom. The normalized spacial score (nSPS) is 10.5. The number of hydrogen-bond acceptors (Lipinski definition) is 4. The van der Waals surface area contributed by atoms with Crippen LogP contribution >= 0.6 is 46.4 Å². The molecule has 1 N–H and O–H groups in total. The lowest BCUT2D eigenvalue weighted by Gasteiger charge is -2.12. The molecule has 158 valence electrons. The molecule has 0 aliphatic heterocycles. The quantitative estimate of drug-likeness (QED) is 0.246. The molecule has 0 radical (unpaired) electrons. The number of amides is 1. The third-order valence-electron chi connectivity index (χ3n) is 4.14. The molecule has 0 fully saturated rings. The summed E-state index contributed by atoms with van der Waals surface area (Å²) < 4.78 is 5.07. The predicted octanol–water partition coefficient (Wildman–Crippen LogP) is 6.33.